The molecule has 0 spiro atoms. The number of hydrogen-bond acceptors (Lipinski definition) is 5. The van der Waals surface area contributed by atoms with Crippen molar-refractivity contribution in [2.75, 3.05) is 38.2 Å². The summed E-state index contributed by atoms with van der Waals surface area (Å²) in [6.45, 7) is 5.42. The molecule has 0 atom stereocenters. The van der Waals surface area contributed by atoms with Crippen LogP contribution in [0.25, 0.3) is 11.3 Å². The molecule has 0 aliphatic carbocycles. The van der Waals surface area contributed by atoms with E-state index in [0.29, 0.717) is 24.9 Å². The van der Waals surface area contributed by atoms with Gasteiger partial charge in [0.2, 0.25) is 5.91 Å². The maximum atomic E-state index is 12.1. The van der Waals surface area contributed by atoms with Gasteiger partial charge in [-0.1, -0.05) is 30.3 Å². The zero-order chi connectivity index (χ0) is 15.4. The monoisotopic (exact) mass is 317 g/mol. The first-order valence-corrected chi connectivity index (χ1v) is 8.17. The number of amides is 1. The standard InChI is InChI=1S/C16H19N3O2S/c1-12-15(13-5-3-2-4-6-13)18-16(22-12)17-14(20)11-19-7-9-21-10-8-19/h2-6H,7-11H2,1H3,(H,17,18,20). The molecule has 1 aliphatic rings. The highest BCUT2D eigenvalue weighted by molar-refractivity contribution is 7.16. The number of carbonyl (C=O) groups is 1. The Morgan fingerprint density at radius 2 is 2.05 bits per heavy atom. The lowest BCUT2D eigenvalue weighted by molar-refractivity contribution is -0.118. The summed E-state index contributed by atoms with van der Waals surface area (Å²) in [6, 6.07) is 10.0. The number of rotatable bonds is 4. The first-order chi connectivity index (χ1) is 10.7. The lowest BCUT2D eigenvalue weighted by Gasteiger charge is -2.25. The van der Waals surface area contributed by atoms with E-state index < -0.39 is 0 Å². The second kappa shape index (κ2) is 7.00. The van der Waals surface area contributed by atoms with E-state index in [4.69, 9.17) is 4.74 Å². The molecule has 22 heavy (non-hydrogen) atoms. The first-order valence-electron chi connectivity index (χ1n) is 7.35. The Labute approximate surface area is 133 Å². The fourth-order valence-corrected chi connectivity index (χ4v) is 3.29. The zero-order valence-electron chi connectivity index (χ0n) is 12.5. The predicted molar refractivity (Wildman–Crippen MR) is 88.2 cm³/mol. The molecule has 1 fully saturated rings. The summed E-state index contributed by atoms with van der Waals surface area (Å²) in [7, 11) is 0. The number of ether oxygens (including phenoxy) is 1. The summed E-state index contributed by atoms with van der Waals surface area (Å²) in [5, 5.41) is 3.57. The van der Waals surface area contributed by atoms with E-state index in [1.807, 2.05) is 37.3 Å². The average molecular weight is 317 g/mol. The number of aryl methyl sites for hydroxylation is 1. The van der Waals surface area contributed by atoms with Crippen LogP contribution in [0.15, 0.2) is 30.3 Å². The quantitative estimate of drug-likeness (QED) is 0.941. The Morgan fingerprint density at radius 3 is 2.77 bits per heavy atom. The molecule has 1 aliphatic heterocycles. The normalized spacial score (nSPS) is 15.7. The average Bonchev–Trinajstić information content (AvgIpc) is 2.89. The summed E-state index contributed by atoms with van der Waals surface area (Å²) < 4.78 is 5.28. The Morgan fingerprint density at radius 1 is 1.32 bits per heavy atom. The molecule has 6 heteroatoms. The van der Waals surface area contributed by atoms with Gasteiger partial charge in [0.1, 0.15) is 0 Å². The molecule has 1 amide bonds. The molecule has 0 radical (unpaired) electrons. The van der Waals surface area contributed by atoms with Crippen LogP contribution in [0.4, 0.5) is 5.13 Å². The van der Waals surface area contributed by atoms with Crippen molar-refractivity contribution >= 4 is 22.4 Å². The van der Waals surface area contributed by atoms with Crippen molar-refractivity contribution in [1.82, 2.24) is 9.88 Å². The Balaban J connectivity index is 1.64. The largest absolute Gasteiger partial charge is 0.379 e. The molecule has 1 saturated heterocycles. The van der Waals surface area contributed by atoms with Crippen molar-refractivity contribution in [2.45, 2.75) is 6.92 Å². The minimum Gasteiger partial charge on any atom is -0.379 e. The van der Waals surface area contributed by atoms with Crippen LogP contribution in [0.1, 0.15) is 4.88 Å². The topological polar surface area (TPSA) is 54.5 Å². The molecule has 0 bridgehead atoms. The molecule has 0 unspecified atom stereocenters. The minimum atomic E-state index is -0.0183. The van der Waals surface area contributed by atoms with Gasteiger partial charge in [-0.3, -0.25) is 9.69 Å². The molecular formula is C16H19N3O2S. The maximum Gasteiger partial charge on any atom is 0.240 e. The second-order valence-corrected chi connectivity index (χ2v) is 6.43. The van der Waals surface area contributed by atoms with Crippen LogP contribution >= 0.6 is 11.3 Å². The van der Waals surface area contributed by atoms with Crippen LogP contribution in [0.5, 0.6) is 0 Å². The van der Waals surface area contributed by atoms with Gasteiger partial charge in [0, 0.05) is 23.5 Å². The van der Waals surface area contributed by atoms with Crippen molar-refractivity contribution in [3.8, 4) is 11.3 Å². The maximum absolute atomic E-state index is 12.1. The molecule has 2 heterocycles. The summed E-state index contributed by atoms with van der Waals surface area (Å²) >= 11 is 1.51. The van der Waals surface area contributed by atoms with Gasteiger partial charge in [0.25, 0.3) is 0 Å². The van der Waals surface area contributed by atoms with E-state index in [9.17, 15) is 4.79 Å². The highest BCUT2D eigenvalue weighted by Gasteiger charge is 2.16. The lowest BCUT2D eigenvalue weighted by Crippen LogP contribution is -2.41. The van der Waals surface area contributed by atoms with Crippen molar-refractivity contribution in [3.05, 3.63) is 35.2 Å². The van der Waals surface area contributed by atoms with Crippen molar-refractivity contribution < 1.29 is 9.53 Å². The van der Waals surface area contributed by atoms with Gasteiger partial charge in [0.05, 0.1) is 25.5 Å². The van der Waals surface area contributed by atoms with Crippen LogP contribution in [0.3, 0.4) is 0 Å². The number of nitrogens with one attached hydrogen (secondary N) is 1. The Bertz CT molecular complexity index is 636. The number of hydrogen-bond donors (Lipinski definition) is 1. The van der Waals surface area contributed by atoms with Crippen LogP contribution < -0.4 is 5.32 Å². The highest BCUT2D eigenvalue weighted by Crippen LogP contribution is 2.30. The molecule has 1 aromatic carbocycles. The smallest absolute Gasteiger partial charge is 0.240 e. The number of anilines is 1. The number of benzene rings is 1. The third-order valence-electron chi connectivity index (χ3n) is 3.56. The van der Waals surface area contributed by atoms with E-state index in [1.54, 1.807) is 0 Å². The Kier molecular flexibility index (Phi) is 4.82. The molecule has 1 aromatic heterocycles. The third kappa shape index (κ3) is 3.71. The lowest BCUT2D eigenvalue weighted by atomic mass is 10.1. The van der Waals surface area contributed by atoms with Gasteiger partial charge in [0.15, 0.2) is 5.13 Å². The molecular weight excluding hydrogens is 298 g/mol. The van der Waals surface area contributed by atoms with Gasteiger partial charge < -0.3 is 10.1 Å². The fourth-order valence-electron chi connectivity index (χ4n) is 2.43. The second-order valence-electron chi connectivity index (χ2n) is 5.23. The van der Waals surface area contributed by atoms with Crippen molar-refractivity contribution in [3.63, 3.8) is 0 Å². The van der Waals surface area contributed by atoms with Gasteiger partial charge in [-0.25, -0.2) is 4.98 Å². The van der Waals surface area contributed by atoms with E-state index in [2.05, 4.69) is 15.2 Å². The number of aromatic nitrogens is 1. The van der Waals surface area contributed by atoms with Gasteiger partial charge in [-0.05, 0) is 6.92 Å². The van der Waals surface area contributed by atoms with E-state index >= 15 is 0 Å². The molecule has 116 valence electrons. The van der Waals surface area contributed by atoms with E-state index in [1.165, 1.54) is 11.3 Å². The summed E-state index contributed by atoms with van der Waals surface area (Å²) in [6.07, 6.45) is 0. The highest BCUT2D eigenvalue weighted by atomic mass is 32.1. The number of carbonyl (C=O) groups excluding carboxylic acids is 1. The predicted octanol–water partition coefficient (Wildman–Crippen LogP) is 2.39. The molecule has 1 N–H and O–H groups in total. The first kappa shape index (κ1) is 15.1. The Hall–Kier alpha value is -1.76. The minimum absolute atomic E-state index is 0.0183. The molecule has 3 rings (SSSR count). The summed E-state index contributed by atoms with van der Waals surface area (Å²) in [4.78, 5) is 19.9. The number of morpholine rings is 1. The van der Waals surface area contributed by atoms with Crippen LogP contribution in [0, 0.1) is 6.92 Å². The van der Waals surface area contributed by atoms with E-state index in [0.717, 1.165) is 29.2 Å². The van der Waals surface area contributed by atoms with Gasteiger partial charge >= 0.3 is 0 Å². The van der Waals surface area contributed by atoms with Gasteiger partial charge in [-0.15, -0.1) is 11.3 Å². The summed E-state index contributed by atoms with van der Waals surface area (Å²) in [5.41, 5.74) is 2.01. The fraction of sp³-hybridized carbons (Fsp3) is 0.375. The zero-order valence-corrected chi connectivity index (χ0v) is 13.4. The van der Waals surface area contributed by atoms with Crippen LogP contribution in [-0.4, -0.2) is 48.6 Å². The van der Waals surface area contributed by atoms with Crippen LogP contribution in [-0.2, 0) is 9.53 Å². The third-order valence-corrected chi connectivity index (χ3v) is 4.45. The molecule has 0 saturated carbocycles. The molecule has 2 aromatic rings. The van der Waals surface area contributed by atoms with Crippen LogP contribution in [0.2, 0.25) is 0 Å². The summed E-state index contributed by atoms with van der Waals surface area (Å²) in [5.74, 6) is -0.0183. The SMILES string of the molecule is Cc1sc(NC(=O)CN2CCOCC2)nc1-c1ccccc1. The number of thiazole rings is 1. The van der Waals surface area contributed by atoms with Crippen molar-refractivity contribution in [2.24, 2.45) is 0 Å². The van der Waals surface area contributed by atoms with Crippen molar-refractivity contribution in [1.29, 1.82) is 0 Å². The number of nitrogens with zero attached hydrogens (tertiary/aromatic N) is 2. The van der Waals surface area contributed by atoms with E-state index in [-0.39, 0.29) is 5.91 Å². The molecule has 5 nitrogen and oxygen atoms in total. The van der Waals surface area contributed by atoms with Gasteiger partial charge in [-0.2, -0.15) is 0 Å².